The minimum Gasteiger partial charge on any atom is -0.353 e. The van der Waals surface area contributed by atoms with Gasteiger partial charge in [0.25, 0.3) is 0 Å². The molecule has 8 heteroatoms. The molecule has 1 saturated heterocycles. The van der Waals surface area contributed by atoms with Gasteiger partial charge in [0.15, 0.2) is 23.3 Å². The lowest BCUT2D eigenvalue weighted by molar-refractivity contribution is 0.248. The molecule has 0 aliphatic carbocycles. The Balaban J connectivity index is 1.35. The second-order valence-corrected chi connectivity index (χ2v) is 6.21. The predicted octanol–water partition coefficient (Wildman–Crippen LogP) is 2.26. The van der Waals surface area contributed by atoms with E-state index in [1.807, 2.05) is 24.4 Å². The van der Waals surface area contributed by atoms with E-state index in [9.17, 15) is 8.78 Å². The molecule has 4 rings (SSSR count). The molecular formula is C18H18F2N6. The summed E-state index contributed by atoms with van der Waals surface area (Å²) in [6.45, 7) is 3.86. The molecule has 3 heterocycles. The first-order chi connectivity index (χ1) is 12.7. The summed E-state index contributed by atoms with van der Waals surface area (Å²) >= 11 is 0. The van der Waals surface area contributed by atoms with Crippen LogP contribution < -0.4 is 4.90 Å². The van der Waals surface area contributed by atoms with E-state index in [0.717, 1.165) is 37.6 Å². The van der Waals surface area contributed by atoms with Crippen LogP contribution in [-0.2, 0) is 6.54 Å². The highest BCUT2D eigenvalue weighted by atomic mass is 19.2. The normalized spacial score (nSPS) is 15.4. The molecule has 2 aromatic heterocycles. The van der Waals surface area contributed by atoms with Crippen molar-refractivity contribution in [2.75, 3.05) is 31.1 Å². The lowest BCUT2D eigenvalue weighted by Crippen LogP contribution is -2.46. The molecule has 0 amide bonds. The number of hydrogen-bond acceptors (Lipinski definition) is 5. The Hall–Kier alpha value is -2.87. The van der Waals surface area contributed by atoms with E-state index in [0.29, 0.717) is 12.4 Å². The smallest absolute Gasteiger partial charge is 0.175 e. The third-order valence-corrected chi connectivity index (χ3v) is 4.46. The molecule has 1 aliphatic heterocycles. The van der Waals surface area contributed by atoms with E-state index in [4.69, 9.17) is 0 Å². The highest BCUT2D eigenvalue weighted by molar-refractivity contribution is 5.40. The standard InChI is InChI=1S/C18H18F2N6/c19-15-3-2-14(12-16(15)20)13-24-8-10-25(11-9-24)17-4-5-18(23-22-17)26-7-1-6-21-26/h1-7,12H,8-11,13H2. The molecule has 134 valence electrons. The van der Waals surface area contributed by atoms with Crippen LogP contribution in [0.25, 0.3) is 5.82 Å². The van der Waals surface area contributed by atoms with Crippen LogP contribution in [0, 0.1) is 11.6 Å². The molecule has 3 aromatic rings. The van der Waals surface area contributed by atoms with Gasteiger partial charge >= 0.3 is 0 Å². The number of aromatic nitrogens is 4. The maximum absolute atomic E-state index is 13.3. The van der Waals surface area contributed by atoms with Gasteiger partial charge < -0.3 is 4.90 Å². The van der Waals surface area contributed by atoms with E-state index < -0.39 is 11.6 Å². The van der Waals surface area contributed by atoms with Crippen molar-refractivity contribution in [1.29, 1.82) is 0 Å². The maximum Gasteiger partial charge on any atom is 0.175 e. The highest BCUT2D eigenvalue weighted by Gasteiger charge is 2.19. The van der Waals surface area contributed by atoms with Crippen LogP contribution in [0.3, 0.4) is 0 Å². The molecular weight excluding hydrogens is 338 g/mol. The van der Waals surface area contributed by atoms with Crippen molar-refractivity contribution >= 4 is 5.82 Å². The zero-order chi connectivity index (χ0) is 17.9. The minimum atomic E-state index is -0.810. The molecule has 0 atom stereocenters. The number of anilines is 1. The van der Waals surface area contributed by atoms with Gasteiger partial charge in [-0.05, 0) is 35.9 Å². The number of nitrogens with zero attached hydrogens (tertiary/aromatic N) is 6. The molecule has 1 fully saturated rings. The molecule has 0 spiro atoms. The van der Waals surface area contributed by atoms with E-state index in [2.05, 4.69) is 25.1 Å². The summed E-state index contributed by atoms with van der Waals surface area (Å²) in [6, 6.07) is 9.74. The monoisotopic (exact) mass is 356 g/mol. The molecule has 0 unspecified atom stereocenters. The van der Waals surface area contributed by atoms with E-state index >= 15 is 0 Å². The molecule has 0 N–H and O–H groups in total. The Morgan fingerprint density at radius 2 is 1.65 bits per heavy atom. The van der Waals surface area contributed by atoms with Gasteiger partial charge in [-0.15, -0.1) is 10.2 Å². The summed E-state index contributed by atoms with van der Waals surface area (Å²) in [6.07, 6.45) is 3.52. The Labute approximate surface area is 149 Å². The fraction of sp³-hybridized carbons (Fsp3) is 0.278. The van der Waals surface area contributed by atoms with Crippen molar-refractivity contribution in [3.8, 4) is 5.82 Å². The lowest BCUT2D eigenvalue weighted by Gasteiger charge is -2.35. The van der Waals surface area contributed by atoms with Gasteiger partial charge in [-0.2, -0.15) is 5.10 Å². The van der Waals surface area contributed by atoms with E-state index in [-0.39, 0.29) is 0 Å². The molecule has 0 bridgehead atoms. The summed E-state index contributed by atoms with van der Waals surface area (Å²) < 4.78 is 28.0. The van der Waals surface area contributed by atoms with Crippen LogP contribution in [0.4, 0.5) is 14.6 Å². The zero-order valence-electron chi connectivity index (χ0n) is 14.1. The van der Waals surface area contributed by atoms with E-state index in [1.165, 1.54) is 12.1 Å². The average Bonchev–Trinajstić information content (AvgIpc) is 3.20. The quantitative estimate of drug-likeness (QED) is 0.718. The summed E-state index contributed by atoms with van der Waals surface area (Å²) in [5, 5.41) is 12.6. The van der Waals surface area contributed by atoms with Crippen LogP contribution >= 0.6 is 0 Å². The first-order valence-electron chi connectivity index (χ1n) is 8.44. The lowest BCUT2D eigenvalue weighted by atomic mass is 10.2. The van der Waals surface area contributed by atoms with Crippen molar-refractivity contribution in [2.24, 2.45) is 0 Å². The Morgan fingerprint density at radius 1 is 0.885 bits per heavy atom. The van der Waals surface area contributed by atoms with Gasteiger partial charge in [0.2, 0.25) is 0 Å². The summed E-state index contributed by atoms with van der Waals surface area (Å²) in [5.74, 6) is -0.103. The van der Waals surface area contributed by atoms with Gasteiger partial charge in [-0.1, -0.05) is 6.07 Å². The predicted molar refractivity (Wildman–Crippen MR) is 93.0 cm³/mol. The van der Waals surface area contributed by atoms with Gasteiger partial charge in [-0.3, -0.25) is 4.90 Å². The summed E-state index contributed by atoms with van der Waals surface area (Å²) in [4.78, 5) is 4.39. The Morgan fingerprint density at radius 3 is 2.31 bits per heavy atom. The first kappa shape index (κ1) is 16.6. The van der Waals surface area contributed by atoms with Crippen LogP contribution in [0.5, 0.6) is 0 Å². The summed E-state index contributed by atoms with van der Waals surface area (Å²) in [5.41, 5.74) is 0.778. The fourth-order valence-corrected chi connectivity index (χ4v) is 3.04. The van der Waals surface area contributed by atoms with Crippen molar-refractivity contribution in [3.05, 3.63) is 66.0 Å². The summed E-state index contributed by atoms with van der Waals surface area (Å²) in [7, 11) is 0. The largest absolute Gasteiger partial charge is 0.353 e. The zero-order valence-corrected chi connectivity index (χ0v) is 14.1. The van der Waals surface area contributed by atoms with Crippen molar-refractivity contribution in [2.45, 2.75) is 6.54 Å². The highest BCUT2D eigenvalue weighted by Crippen LogP contribution is 2.16. The van der Waals surface area contributed by atoms with Crippen LogP contribution in [0.1, 0.15) is 5.56 Å². The van der Waals surface area contributed by atoms with Crippen LogP contribution in [0.2, 0.25) is 0 Å². The van der Waals surface area contributed by atoms with Crippen molar-refractivity contribution < 1.29 is 8.78 Å². The minimum absolute atomic E-state index is 0.606. The third kappa shape index (κ3) is 3.55. The molecule has 1 aromatic carbocycles. The molecule has 6 nitrogen and oxygen atoms in total. The third-order valence-electron chi connectivity index (χ3n) is 4.46. The molecule has 26 heavy (non-hydrogen) atoms. The van der Waals surface area contributed by atoms with Crippen molar-refractivity contribution in [1.82, 2.24) is 24.9 Å². The van der Waals surface area contributed by atoms with Gasteiger partial charge in [-0.25, -0.2) is 13.5 Å². The second-order valence-electron chi connectivity index (χ2n) is 6.21. The number of piperazine rings is 1. The van der Waals surface area contributed by atoms with Crippen LogP contribution in [-0.4, -0.2) is 51.1 Å². The fourth-order valence-electron chi connectivity index (χ4n) is 3.04. The number of hydrogen-bond donors (Lipinski definition) is 0. The Bertz CT molecular complexity index is 858. The topological polar surface area (TPSA) is 50.1 Å². The SMILES string of the molecule is Fc1ccc(CN2CCN(c3ccc(-n4cccn4)nn3)CC2)cc1F. The number of rotatable bonds is 4. The second kappa shape index (κ2) is 7.17. The van der Waals surface area contributed by atoms with Gasteiger partial charge in [0, 0.05) is 45.1 Å². The molecule has 0 radical (unpaired) electrons. The van der Waals surface area contributed by atoms with E-state index in [1.54, 1.807) is 16.9 Å². The van der Waals surface area contributed by atoms with Gasteiger partial charge in [0.1, 0.15) is 0 Å². The Kier molecular flexibility index (Phi) is 4.57. The van der Waals surface area contributed by atoms with Gasteiger partial charge in [0.05, 0.1) is 0 Å². The first-order valence-corrected chi connectivity index (χ1v) is 8.44. The number of halogens is 2. The number of benzene rings is 1. The average molecular weight is 356 g/mol. The molecule has 0 saturated carbocycles. The van der Waals surface area contributed by atoms with Crippen molar-refractivity contribution in [3.63, 3.8) is 0 Å². The molecule has 1 aliphatic rings. The maximum atomic E-state index is 13.3. The van der Waals surface area contributed by atoms with Crippen LogP contribution in [0.15, 0.2) is 48.8 Å².